The van der Waals surface area contributed by atoms with E-state index in [9.17, 15) is 59.1 Å². The van der Waals surface area contributed by atoms with Crippen LogP contribution in [0.2, 0.25) is 0 Å². The minimum atomic E-state index is -7.56. The Bertz CT molecular complexity index is 659. The monoisotopic (exact) mass is 485 g/mol. The molecule has 30 heavy (non-hydrogen) atoms. The van der Waals surface area contributed by atoms with Gasteiger partial charge in [0.25, 0.3) is 0 Å². The number of halogens is 10. The van der Waals surface area contributed by atoms with Crippen LogP contribution in [0.5, 0.6) is 0 Å². The molecule has 17 heteroatoms. The molecule has 1 N–H and O–H groups in total. The van der Waals surface area contributed by atoms with E-state index >= 15 is 0 Å². The number of rotatable bonds is 8. The van der Waals surface area contributed by atoms with Gasteiger partial charge in [-0.2, -0.15) is 43.8 Å². The lowest BCUT2D eigenvalue weighted by Crippen LogP contribution is -2.68. The second kappa shape index (κ2) is 7.83. The largest absolute Gasteiger partial charge is 0.691 e. The third-order valence-electron chi connectivity index (χ3n) is 5.03. The molecule has 0 aliphatic heterocycles. The highest BCUT2D eigenvalue weighted by Crippen LogP contribution is 2.60. The molecule has 0 aromatic carbocycles. The molecule has 2 saturated carbocycles. The highest BCUT2D eigenvalue weighted by molar-refractivity contribution is 7.96. The molecule has 0 radical (unpaired) electrons. The van der Waals surface area contributed by atoms with Crippen LogP contribution in [0.1, 0.15) is 19.3 Å². The van der Waals surface area contributed by atoms with E-state index in [0.717, 1.165) is 0 Å². The molecule has 0 saturated heterocycles. The number of fused-ring (bicyclic) bond motifs is 2. The molecule has 2 rings (SSSR count). The predicted octanol–water partition coefficient (Wildman–Crippen LogP) is 2.69. The minimum absolute atomic E-state index is 0.171. The SMILES string of the molecule is O=C(OC1C2CCC(C2)C1O)C(F)(SOO[O-])C(F)(F)C(F)(F)C(F)(F)C(F)(F)F. The quantitative estimate of drug-likeness (QED) is 0.186. The van der Waals surface area contributed by atoms with E-state index in [1.54, 1.807) is 0 Å². The Kier molecular flexibility index (Phi) is 6.58. The van der Waals surface area contributed by atoms with E-state index in [1.165, 1.54) is 0 Å². The number of carbonyl (C=O) groups is 1. The lowest BCUT2D eigenvalue weighted by atomic mass is 9.94. The molecule has 176 valence electrons. The number of alkyl halides is 10. The predicted molar refractivity (Wildman–Crippen MR) is 71.2 cm³/mol. The third kappa shape index (κ3) is 3.61. The molecule has 2 bridgehead atoms. The van der Waals surface area contributed by atoms with Gasteiger partial charge in [-0.25, -0.2) is 9.18 Å². The molecular weight excluding hydrogens is 474 g/mol. The van der Waals surface area contributed by atoms with Crippen LogP contribution in [0.15, 0.2) is 0 Å². The summed E-state index contributed by atoms with van der Waals surface area (Å²) in [7, 11) is 0. The van der Waals surface area contributed by atoms with Crippen LogP contribution in [0.25, 0.3) is 0 Å². The highest BCUT2D eigenvalue weighted by Gasteiger charge is 2.88. The van der Waals surface area contributed by atoms with Crippen LogP contribution in [-0.4, -0.2) is 52.2 Å². The van der Waals surface area contributed by atoms with E-state index in [1.807, 2.05) is 0 Å². The molecule has 0 aromatic rings. The number of aliphatic hydroxyl groups is 1. The molecular formula is C13H11F10O6S-. The molecule has 2 aliphatic rings. The van der Waals surface area contributed by atoms with Gasteiger partial charge in [-0.3, -0.25) is 5.04 Å². The summed E-state index contributed by atoms with van der Waals surface area (Å²) >= 11 is -1.89. The molecule has 0 aromatic heterocycles. The lowest BCUT2D eigenvalue weighted by molar-refractivity contribution is -0.777. The van der Waals surface area contributed by atoms with Crippen LogP contribution >= 0.6 is 12.0 Å². The Morgan fingerprint density at radius 2 is 1.43 bits per heavy atom. The Hall–Kier alpha value is -1.04. The standard InChI is InChI=1S/C13H12F10O6S/c14-9(30-29-28-26,8(25)27-7-5-2-1-4(3-5)6(7)24)10(15,16)11(17,18)12(19,20)13(21,22)23/h4-7,24,26H,1-3H2/p-1. The van der Waals surface area contributed by atoms with Gasteiger partial charge in [0.05, 0.1) is 18.1 Å². The zero-order valence-electron chi connectivity index (χ0n) is 14.1. The normalized spacial score (nSPS) is 29.7. The van der Waals surface area contributed by atoms with Gasteiger partial charge in [-0.05, 0) is 31.1 Å². The summed E-state index contributed by atoms with van der Waals surface area (Å²) < 4.78 is 140. The van der Waals surface area contributed by atoms with Gasteiger partial charge in [0, 0.05) is 0 Å². The highest BCUT2D eigenvalue weighted by atomic mass is 32.2. The summed E-state index contributed by atoms with van der Waals surface area (Å²) in [6, 6.07) is 0. The summed E-state index contributed by atoms with van der Waals surface area (Å²) in [6.45, 7) is 0. The molecule has 2 fully saturated rings. The molecule has 0 spiro atoms. The Balaban J connectivity index is 2.41. The van der Waals surface area contributed by atoms with Crippen molar-refractivity contribution in [2.45, 2.75) is 60.4 Å². The van der Waals surface area contributed by atoms with Crippen molar-refractivity contribution in [1.29, 1.82) is 0 Å². The zero-order chi connectivity index (χ0) is 23.3. The van der Waals surface area contributed by atoms with Crippen molar-refractivity contribution in [2.24, 2.45) is 11.8 Å². The fourth-order valence-corrected chi connectivity index (χ4v) is 3.90. The minimum Gasteiger partial charge on any atom is -0.691 e. The average Bonchev–Trinajstić information content (AvgIpc) is 3.21. The molecule has 5 atom stereocenters. The van der Waals surface area contributed by atoms with E-state index in [-0.39, 0.29) is 12.8 Å². The van der Waals surface area contributed by atoms with Gasteiger partial charge in [-0.1, -0.05) is 0 Å². The molecule has 5 unspecified atom stereocenters. The van der Waals surface area contributed by atoms with Crippen LogP contribution in [0.4, 0.5) is 43.9 Å². The number of esters is 1. The topological polar surface area (TPSA) is 88.1 Å². The van der Waals surface area contributed by atoms with E-state index in [4.69, 9.17) is 0 Å². The summed E-state index contributed by atoms with van der Waals surface area (Å²) in [5, 5.41) is 16.2. The average molecular weight is 485 g/mol. The summed E-state index contributed by atoms with van der Waals surface area (Å²) in [6.07, 6.45) is -9.76. The van der Waals surface area contributed by atoms with Crippen molar-refractivity contribution < 1.29 is 73.2 Å². The summed E-state index contributed by atoms with van der Waals surface area (Å²) in [5.74, 6) is -26.6. The zero-order valence-corrected chi connectivity index (χ0v) is 14.9. The van der Waals surface area contributed by atoms with Gasteiger partial charge >= 0.3 is 34.9 Å². The van der Waals surface area contributed by atoms with E-state index in [2.05, 4.69) is 14.1 Å². The first kappa shape index (κ1) is 25.2. The van der Waals surface area contributed by atoms with E-state index < -0.39 is 71.0 Å². The maximum Gasteiger partial charge on any atom is 0.460 e. The van der Waals surface area contributed by atoms with Gasteiger partial charge in [0.1, 0.15) is 6.10 Å². The first-order valence-electron chi connectivity index (χ1n) is 7.88. The van der Waals surface area contributed by atoms with Crippen molar-refractivity contribution >= 4 is 18.0 Å². The Morgan fingerprint density at radius 1 is 0.900 bits per heavy atom. The van der Waals surface area contributed by atoms with Crippen LogP contribution in [0.3, 0.4) is 0 Å². The number of hydrogen-bond acceptors (Lipinski definition) is 7. The molecule has 2 aliphatic carbocycles. The van der Waals surface area contributed by atoms with Crippen LogP contribution < -0.4 is 5.26 Å². The van der Waals surface area contributed by atoms with Crippen molar-refractivity contribution in [3.05, 3.63) is 0 Å². The first-order chi connectivity index (χ1) is 13.5. The summed E-state index contributed by atoms with van der Waals surface area (Å²) in [4.78, 5) is 11.9. The third-order valence-corrected chi connectivity index (χ3v) is 5.81. The molecule has 6 nitrogen and oxygen atoms in total. The second-order valence-electron chi connectivity index (χ2n) is 6.73. The van der Waals surface area contributed by atoms with Crippen LogP contribution in [0, 0.1) is 11.8 Å². The fourth-order valence-electron chi connectivity index (χ4n) is 3.43. The fraction of sp³-hybridized carbons (Fsp3) is 0.923. The first-order valence-corrected chi connectivity index (χ1v) is 8.62. The van der Waals surface area contributed by atoms with E-state index in [0.29, 0.717) is 6.42 Å². The molecule has 0 amide bonds. The summed E-state index contributed by atoms with van der Waals surface area (Å²) in [5.41, 5.74) is 0. The van der Waals surface area contributed by atoms with Gasteiger partial charge in [0.2, 0.25) is 0 Å². The van der Waals surface area contributed by atoms with Gasteiger partial charge < -0.3 is 15.1 Å². The van der Waals surface area contributed by atoms with Gasteiger partial charge in [-0.15, -0.1) is 0 Å². The smallest absolute Gasteiger partial charge is 0.460 e. The molecule has 0 heterocycles. The van der Waals surface area contributed by atoms with Crippen molar-refractivity contribution in [1.82, 2.24) is 0 Å². The maximum atomic E-state index is 14.7. The van der Waals surface area contributed by atoms with Crippen molar-refractivity contribution in [3.63, 3.8) is 0 Å². The number of hydrogen-bond donors (Lipinski definition) is 1. The van der Waals surface area contributed by atoms with Crippen molar-refractivity contribution in [3.8, 4) is 0 Å². The maximum absolute atomic E-state index is 14.7. The van der Waals surface area contributed by atoms with Crippen LogP contribution in [-0.2, 0) is 18.9 Å². The van der Waals surface area contributed by atoms with Crippen molar-refractivity contribution in [2.75, 3.05) is 0 Å². The Morgan fingerprint density at radius 3 is 1.87 bits per heavy atom. The second-order valence-corrected chi connectivity index (χ2v) is 7.59. The Labute approximate surface area is 164 Å². The number of ether oxygens (including phenoxy) is 1. The lowest BCUT2D eigenvalue weighted by Gasteiger charge is -2.39. The number of carbonyl (C=O) groups excluding carboxylic acids is 1. The van der Waals surface area contributed by atoms with Gasteiger partial charge in [0.15, 0.2) is 0 Å². The number of aliphatic hydroxyl groups excluding tert-OH is 1.